The predicted octanol–water partition coefficient (Wildman–Crippen LogP) is 3.09. The number of hydrogen-bond donors (Lipinski definition) is 1. The molecule has 0 aliphatic rings. The third kappa shape index (κ3) is 2.78. The second-order valence-corrected chi connectivity index (χ2v) is 4.86. The van der Waals surface area contributed by atoms with Crippen molar-refractivity contribution in [2.24, 2.45) is 5.41 Å². The van der Waals surface area contributed by atoms with Crippen molar-refractivity contribution >= 4 is 0 Å². The maximum absolute atomic E-state index is 4.26. The Morgan fingerprint density at radius 3 is 2.53 bits per heavy atom. The zero-order valence-electron chi connectivity index (χ0n) is 10.5. The Labute approximate surface area is 93.1 Å². The molecule has 15 heavy (non-hydrogen) atoms. The molecular formula is C13H22N2. The SMILES string of the molecule is CCC(C)(C)C(NC)c1cncc(C)c1. The van der Waals surface area contributed by atoms with E-state index < -0.39 is 0 Å². The van der Waals surface area contributed by atoms with E-state index in [1.54, 1.807) is 0 Å². The fourth-order valence-electron chi connectivity index (χ4n) is 1.95. The van der Waals surface area contributed by atoms with E-state index in [9.17, 15) is 0 Å². The molecule has 1 aromatic rings. The Hall–Kier alpha value is -0.890. The lowest BCUT2D eigenvalue weighted by Gasteiger charge is -2.33. The summed E-state index contributed by atoms with van der Waals surface area (Å²) in [6, 6.07) is 2.58. The third-order valence-corrected chi connectivity index (χ3v) is 3.21. The van der Waals surface area contributed by atoms with Crippen molar-refractivity contribution < 1.29 is 0 Å². The average Bonchev–Trinajstić information content (AvgIpc) is 2.18. The molecule has 0 fully saturated rings. The highest BCUT2D eigenvalue weighted by atomic mass is 14.9. The first-order valence-corrected chi connectivity index (χ1v) is 5.60. The molecule has 0 aliphatic heterocycles. The van der Waals surface area contributed by atoms with Gasteiger partial charge in [-0.15, -0.1) is 0 Å². The maximum atomic E-state index is 4.26. The third-order valence-electron chi connectivity index (χ3n) is 3.21. The van der Waals surface area contributed by atoms with Crippen LogP contribution >= 0.6 is 0 Å². The molecule has 1 atom stereocenters. The summed E-state index contributed by atoms with van der Waals surface area (Å²) in [5.41, 5.74) is 2.76. The molecule has 1 heterocycles. The first-order valence-electron chi connectivity index (χ1n) is 5.60. The molecule has 2 nitrogen and oxygen atoms in total. The summed E-state index contributed by atoms with van der Waals surface area (Å²) in [7, 11) is 2.02. The smallest absolute Gasteiger partial charge is 0.0384 e. The molecule has 1 aromatic heterocycles. The zero-order chi connectivity index (χ0) is 11.5. The minimum atomic E-state index is 0.254. The fraction of sp³-hybridized carbons (Fsp3) is 0.615. The largest absolute Gasteiger partial charge is 0.312 e. The zero-order valence-corrected chi connectivity index (χ0v) is 10.5. The highest BCUT2D eigenvalue weighted by molar-refractivity contribution is 5.21. The number of pyridine rings is 1. The minimum absolute atomic E-state index is 0.254. The van der Waals surface area contributed by atoms with Gasteiger partial charge in [-0.05, 0) is 36.9 Å². The van der Waals surface area contributed by atoms with Crippen molar-refractivity contribution in [1.29, 1.82) is 0 Å². The second kappa shape index (κ2) is 4.75. The first kappa shape index (κ1) is 12.2. The molecule has 0 aliphatic carbocycles. The van der Waals surface area contributed by atoms with Gasteiger partial charge in [0.15, 0.2) is 0 Å². The molecular weight excluding hydrogens is 184 g/mol. The van der Waals surface area contributed by atoms with E-state index >= 15 is 0 Å². The van der Waals surface area contributed by atoms with Crippen LogP contribution in [0.2, 0.25) is 0 Å². The van der Waals surface area contributed by atoms with E-state index in [0.29, 0.717) is 6.04 Å². The van der Waals surface area contributed by atoms with Gasteiger partial charge in [0, 0.05) is 18.4 Å². The maximum Gasteiger partial charge on any atom is 0.0384 e. The van der Waals surface area contributed by atoms with Gasteiger partial charge >= 0.3 is 0 Å². The molecule has 1 rings (SSSR count). The molecule has 1 unspecified atom stereocenters. The molecule has 0 radical (unpaired) electrons. The fourth-order valence-corrected chi connectivity index (χ4v) is 1.95. The Balaban J connectivity index is 3.02. The molecule has 84 valence electrons. The van der Waals surface area contributed by atoms with Crippen LogP contribution in [0.4, 0.5) is 0 Å². The van der Waals surface area contributed by atoms with Crippen LogP contribution in [0.1, 0.15) is 44.4 Å². The molecule has 0 amide bonds. The Morgan fingerprint density at radius 1 is 1.40 bits per heavy atom. The predicted molar refractivity (Wildman–Crippen MR) is 64.8 cm³/mol. The Kier molecular flexibility index (Phi) is 3.86. The van der Waals surface area contributed by atoms with Crippen LogP contribution < -0.4 is 5.32 Å². The molecule has 0 spiro atoms. The molecule has 0 saturated heterocycles. The lowest BCUT2D eigenvalue weighted by Crippen LogP contribution is -2.31. The van der Waals surface area contributed by atoms with Gasteiger partial charge in [0.25, 0.3) is 0 Å². The van der Waals surface area contributed by atoms with E-state index in [-0.39, 0.29) is 5.41 Å². The van der Waals surface area contributed by atoms with Gasteiger partial charge in [-0.2, -0.15) is 0 Å². The van der Waals surface area contributed by atoms with E-state index in [4.69, 9.17) is 0 Å². The van der Waals surface area contributed by atoms with Crippen LogP contribution in [0.3, 0.4) is 0 Å². The lowest BCUT2D eigenvalue weighted by atomic mass is 9.78. The van der Waals surface area contributed by atoms with Gasteiger partial charge in [-0.3, -0.25) is 4.98 Å². The van der Waals surface area contributed by atoms with Gasteiger partial charge in [-0.1, -0.05) is 26.8 Å². The summed E-state index contributed by atoms with van der Waals surface area (Å²) < 4.78 is 0. The van der Waals surface area contributed by atoms with Gasteiger partial charge in [-0.25, -0.2) is 0 Å². The summed E-state index contributed by atoms with van der Waals surface area (Å²) in [5, 5.41) is 3.40. The first-order chi connectivity index (χ1) is 7.01. The summed E-state index contributed by atoms with van der Waals surface area (Å²) in [4.78, 5) is 4.26. The highest BCUT2D eigenvalue weighted by Crippen LogP contribution is 2.35. The Bertz CT molecular complexity index is 318. The summed E-state index contributed by atoms with van der Waals surface area (Å²) in [6.45, 7) is 8.89. The van der Waals surface area contributed by atoms with Crippen molar-refractivity contribution in [2.45, 2.75) is 40.2 Å². The van der Waals surface area contributed by atoms with Crippen molar-refractivity contribution in [2.75, 3.05) is 7.05 Å². The number of rotatable bonds is 4. The number of nitrogens with zero attached hydrogens (tertiary/aromatic N) is 1. The summed E-state index contributed by atoms with van der Waals surface area (Å²) in [5.74, 6) is 0. The molecule has 0 saturated carbocycles. The van der Waals surface area contributed by atoms with Crippen molar-refractivity contribution in [3.8, 4) is 0 Å². The normalized spacial score (nSPS) is 13.9. The topological polar surface area (TPSA) is 24.9 Å². The van der Waals surface area contributed by atoms with E-state index in [1.807, 2.05) is 19.4 Å². The van der Waals surface area contributed by atoms with Crippen LogP contribution in [0.5, 0.6) is 0 Å². The van der Waals surface area contributed by atoms with Crippen LogP contribution in [0, 0.1) is 12.3 Å². The lowest BCUT2D eigenvalue weighted by molar-refractivity contribution is 0.245. The van der Waals surface area contributed by atoms with Crippen molar-refractivity contribution in [3.05, 3.63) is 29.6 Å². The van der Waals surface area contributed by atoms with Gasteiger partial charge in [0.2, 0.25) is 0 Å². The Morgan fingerprint density at radius 2 is 2.07 bits per heavy atom. The van der Waals surface area contributed by atoms with Gasteiger partial charge in [0.1, 0.15) is 0 Å². The summed E-state index contributed by atoms with van der Waals surface area (Å²) in [6.07, 6.45) is 5.01. The number of aryl methyl sites for hydroxylation is 1. The molecule has 0 bridgehead atoms. The highest BCUT2D eigenvalue weighted by Gasteiger charge is 2.27. The van der Waals surface area contributed by atoms with E-state index in [1.165, 1.54) is 11.1 Å². The van der Waals surface area contributed by atoms with Crippen LogP contribution in [-0.2, 0) is 0 Å². The molecule has 0 aromatic carbocycles. The van der Waals surface area contributed by atoms with Crippen molar-refractivity contribution in [1.82, 2.24) is 10.3 Å². The van der Waals surface area contributed by atoms with Gasteiger partial charge < -0.3 is 5.32 Å². The molecule has 1 N–H and O–H groups in total. The van der Waals surface area contributed by atoms with Gasteiger partial charge in [0.05, 0.1) is 0 Å². The average molecular weight is 206 g/mol. The van der Waals surface area contributed by atoms with Crippen LogP contribution in [0.25, 0.3) is 0 Å². The number of nitrogens with one attached hydrogen (secondary N) is 1. The summed E-state index contributed by atoms with van der Waals surface area (Å²) >= 11 is 0. The van der Waals surface area contributed by atoms with E-state index in [2.05, 4.69) is 44.1 Å². The second-order valence-electron chi connectivity index (χ2n) is 4.86. The minimum Gasteiger partial charge on any atom is -0.312 e. The van der Waals surface area contributed by atoms with Crippen molar-refractivity contribution in [3.63, 3.8) is 0 Å². The van der Waals surface area contributed by atoms with E-state index in [0.717, 1.165) is 6.42 Å². The molecule has 2 heteroatoms. The van der Waals surface area contributed by atoms with Crippen LogP contribution in [-0.4, -0.2) is 12.0 Å². The van der Waals surface area contributed by atoms with Crippen LogP contribution in [0.15, 0.2) is 18.5 Å². The quantitative estimate of drug-likeness (QED) is 0.819. The number of hydrogen-bond acceptors (Lipinski definition) is 2. The monoisotopic (exact) mass is 206 g/mol. The standard InChI is InChI=1S/C13H22N2/c1-6-13(3,4)12(14-5)11-7-10(2)8-15-9-11/h7-9,12,14H,6H2,1-5H3. The number of aromatic nitrogens is 1.